The summed E-state index contributed by atoms with van der Waals surface area (Å²) in [5.74, 6) is 0. The molecule has 3 rings (SSSR count). The van der Waals surface area contributed by atoms with Gasteiger partial charge in [-0.25, -0.2) is 13.6 Å². The molecule has 1 aromatic heterocycles. The van der Waals surface area contributed by atoms with Gasteiger partial charge in [-0.15, -0.1) is 0 Å². The SMILES string of the molecule is NS(=O)(=O)c1cccc2c1[nH]c1ccccc12. The maximum Gasteiger partial charge on any atom is 0.240 e. The molecular weight excluding hydrogens is 236 g/mol. The van der Waals surface area contributed by atoms with Crippen LogP contribution >= 0.6 is 0 Å². The molecule has 86 valence electrons. The third-order valence-electron chi connectivity index (χ3n) is 2.81. The Hall–Kier alpha value is -1.85. The first-order valence-electron chi connectivity index (χ1n) is 5.09. The van der Waals surface area contributed by atoms with Gasteiger partial charge < -0.3 is 4.98 Å². The topological polar surface area (TPSA) is 76.0 Å². The number of primary sulfonamides is 1. The van der Waals surface area contributed by atoms with E-state index in [9.17, 15) is 8.42 Å². The molecule has 0 fully saturated rings. The van der Waals surface area contributed by atoms with Gasteiger partial charge in [0, 0.05) is 16.3 Å². The van der Waals surface area contributed by atoms with E-state index < -0.39 is 10.0 Å². The number of rotatable bonds is 1. The predicted octanol–water partition coefficient (Wildman–Crippen LogP) is 1.97. The van der Waals surface area contributed by atoms with E-state index in [1.54, 1.807) is 6.07 Å². The molecule has 0 aliphatic rings. The van der Waals surface area contributed by atoms with Crippen LogP contribution in [0.2, 0.25) is 0 Å². The van der Waals surface area contributed by atoms with Crippen LogP contribution in [0.5, 0.6) is 0 Å². The standard InChI is InChI=1S/C12H10N2O2S/c13-17(15,16)11-7-3-5-9-8-4-1-2-6-10(8)14-12(9)11/h1-7,14H,(H2,13,15,16). The van der Waals surface area contributed by atoms with Crippen LogP contribution < -0.4 is 5.14 Å². The number of aromatic nitrogens is 1. The molecule has 3 N–H and O–H groups in total. The van der Waals surface area contributed by atoms with Crippen LogP contribution in [0, 0.1) is 0 Å². The second-order valence-electron chi connectivity index (χ2n) is 3.89. The van der Waals surface area contributed by atoms with Gasteiger partial charge in [-0.3, -0.25) is 0 Å². The number of H-pyrrole nitrogens is 1. The van der Waals surface area contributed by atoms with Crippen LogP contribution in [0.25, 0.3) is 21.8 Å². The lowest BCUT2D eigenvalue weighted by Crippen LogP contribution is -2.12. The highest BCUT2D eigenvalue weighted by Gasteiger charge is 2.14. The van der Waals surface area contributed by atoms with Gasteiger partial charge >= 0.3 is 0 Å². The maximum absolute atomic E-state index is 11.5. The van der Waals surface area contributed by atoms with Crippen LogP contribution in [-0.2, 0) is 10.0 Å². The second kappa shape index (κ2) is 3.32. The normalized spacial score (nSPS) is 12.3. The number of aromatic amines is 1. The van der Waals surface area contributed by atoms with Gasteiger partial charge in [-0.1, -0.05) is 30.3 Å². The predicted molar refractivity (Wildman–Crippen MR) is 67.2 cm³/mol. The number of hydrogen-bond donors (Lipinski definition) is 2. The second-order valence-corrected chi connectivity index (χ2v) is 5.42. The number of para-hydroxylation sites is 2. The minimum absolute atomic E-state index is 0.131. The molecule has 3 aromatic rings. The summed E-state index contributed by atoms with van der Waals surface area (Å²) in [6, 6.07) is 12.7. The Bertz CT molecular complexity index is 819. The zero-order chi connectivity index (χ0) is 12.0. The largest absolute Gasteiger partial charge is 0.353 e. The van der Waals surface area contributed by atoms with Crippen LogP contribution in [0.4, 0.5) is 0 Å². The van der Waals surface area contributed by atoms with Gasteiger partial charge in [0.1, 0.15) is 4.90 Å². The Balaban J connectivity index is 2.57. The maximum atomic E-state index is 11.5. The quantitative estimate of drug-likeness (QED) is 0.688. The molecule has 0 bridgehead atoms. The fourth-order valence-electron chi connectivity index (χ4n) is 2.08. The number of hydrogen-bond acceptors (Lipinski definition) is 2. The van der Waals surface area contributed by atoms with Crippen molar-refractivity contribution in [3.63, 3.8) is 0 Å². The number of nitrogens with one attached hydrogen (secondary N) is 1. The van der Waals surface area contributed by atoms with Crippen LogP contribution in [0.3, 0.4) is 0 Å². The molecule has 2 aromatic carbocycles. The Morgan fingerprint density at radius 2 is 1.65 bits per heavy atom. The van der Waals surface area contributed by atoms with Crippen molar-refractivity contribution < 1.29 is 8.42 Å². The van der Waals surface area contributed by atoms with Crippen molar-refractivity contribution in [2.45, 2.75) is 4.90 Å². The molecule has 0 aliphatic heterocycles. The monoisotopic (exact) mass is 246 g/mol. The van der Waals surface area contributed by atoms with Crippen molar-refractivity contribution in [3.05, 3.63) is 42.5 Å². The smallest absolute Gasteiger partial charge is 0.240 e. The minimum atomic E-state index is -3.71. The average molecular weight is 246 g/mol. The molecule has 0 amide bonds. The summed E-state index contributed by atoms with van der Waals surface area (Å²) in [5, 5.41) is 7.06. The lowest BCUT2D eigenvalue weighted by molar-refractivity contribution is 0.598. The van der Waals surface area contributed by atoms with E-state index in [1.807, 2.05) is 30.3 Å². The van der Waals surface area contributed by atoms with E-state index >= 15 is 0 Å². The van der Waals surface area contributed by atoms with Crippen molar-refractivity contribution in [2.75, 3.05) is 0 Å². The van der Waals surface area contributed by atoms with Crippen molar-refractivity contribution in [1.29, 1.82) is 0 Å². The minimum Gasteiger partial charge on any atom is -0.353 e. The molecule has 17 heavy (non-hydrogen) atoms. The van der Waals surface area contributed by atoms with Crippen molar-refractivity contribution in [2.24, 2.45) is 5.14 Å². The molecule has 0 atom stereocenters. The summed E-state index contributed by atoms with van der Waals surface area (Å²) < 4.78 is 23.0. The molecule has 0 aliphatic carbocycles. The third kappa shape index (κ3) is 1.51. The number of nitrogens with two attached hydrogens (primary N) is 1. The molecular formula is C12H10N2O2S. The zero-order valence-corrected chi connectivity index (χ0v) is 9.66. The first kappa shape index (κ1) is 10.3. The van der Waals surface area contributed by atoms with Gasteiger partial charge in [-0.05, 0) is 12.1 Å². The van der Waals surface area contributed by atoms with Gasteiger partial charge in [0.15, 0.2) is 0 Å². The van der Waals surface area contributed by atoms with E-state index in [-0.39, 0.29) is 4.90 Å². The molecule has 0 spiro atoms. The molecule has 0 saturated heterocycles. The Kier molecular flexibility index (Phi) is 2.01. The van der Waals surface area contributed by atoms with Gasteiger partial charge in [0.25, 0.3) is 0 Å². The number of benzene rings is 2. The van der Waals surface area contributed by atoms with E-state index in [0.717, 1.165) is 16.3 Å². The molecule has 0 radical (unpaired) electrons. The van der Waals surface area contributed by atoms with Crippen LogP contribution in [0.15, 0.2) is 47.4 Å². The first-order chi connectivity index (χ1) is 8.07. The summed E-state index contributed by atoms with van der Waals surface area (Å²) in [7, 11) is -3.71. The highest BCUT2D eigenvalue weighted by atomic mass is 32.2. The molecule has 0 saturated carbocycles. The molecule has 0 unspecified atom stereocenters. The average Bonchev–Trinajstić information content (AvgIpc) is 2.65. The highest BCUT2D eigenvalue weighted by molar-refractivity contribution is 7.89. The Morgan fingerprint density at radius 1 is 0.941 bits per heavy atom. The lowest BCUT2D eigenvalue weighted by Gasteiger charge is -1.99. The zero-order valence-electron chi connectivity index (χ0n) is 8.84. The summed E-state index contributed by atoms with van der Waals surface area (Å²) in [5.41, 5.74) is 1.47. The Morgan fingerprint density at radius 3 is 2.41 bits per heavy atom. The van der Waals surface area contributed by atoms with E-state index in [0.29, 0.717) is 5.52 Å². The summed E-state index contributed by atoms with van der Waals surface area (Å²) >= 11 is 0. The number of fused-ring (bicyclic) bond motifs is 3. The van der Waals surface area contributed by atoms with Gasteiger partial charge in [0.2, 0.25) is 10.0 Å². The van der Waals surface area contributed by atoms with Crippen LogP contribution in [-0.4, -0.2) is 13.4 Å². The van der Waals surface area contributed by atoms with E-state index in [2.05, 4.69) is 4.98 Å². The number of sulfonamides is 1. The van der Waals surface area contributed by atoms with Crippen molar-refractivity contribution >= 4 is 31.8 Å². The highest BCUT2D eigenvalue weighted by Crippen LogP contribution is 2.28. The summed E-state index contributed by atoms with van der Waals surface area (Å²) in [6.07, 6.45) is 0. The molecule has 4 nitrogen and oxygen atoms in total. The van der Waals surface area contributed by atoms with Crippen molar-refractivity contribution in [3.8, 4) is 0 Å². The summed E-state index contributed by atoms with van der Waals surface area (Å²) in [4.78, 5) is 3.22. The van der Waals surface area contributed by atoms with E-state index in [1.165, 1.54) is 6.07 Å². The van der Waals surface area contributed by atoms with Crippen LogP contribution in [0.1, 0.15) is 0 Å². The van der Waals surface area contributed by atoms with Crippen molar-refractivity contribution in [1.82, 2.24) is 4.98 Å². The van der Waals surface area contributed by atoms with Gasteiger partial charge in [-0.2, -0.15) is 0 Å². The molecule has 1 heterocycles. The molecule has 5 heteroatoms. The lowest BCUT2D eigenvalue weighted by atomic mass is 10.1. The first-order valence-corrected chi connectivity index (χ1v) is 6.64. The van der Waals surface area contributed by atoms with E-state index in [4.69, 9.17) is 5.14 Å². The third-order valence-corrected chi connectivity index (χ3v) is 3.76. The summed E-state index contributed by atoms with van der Waals surface area (Å²) in [6.45, 7) is 0. The fourth-order valence-corrected chi connectivity index (χ4v) is 2.80. The Labute approximate surface area is 98.1 Å². The van der Waals surface area contributed by atoms with Gasteiger partial charge in [0.05, 0.1) is 5.52 Å². The fraction of sp³-hybridized carbons (Fsp3) is 0.